The van der Waals surface area contributed by atoms with E-state index in [1.807, 2.05) is 17.5 Å². The highest BCUT2D eigenvalue weighted by Gasteiger charge is 2.25. The van der Waals surface area contributed by atoms with E-state index in [9.17, 15) is 4.79 Å². The zero-order valence-corrected chi connectivity index (χ0v) is 15.2. The first-order valence-corrected chi connectivity index (χ1v) is 10.0. The molecule has 3 nitrogen and oxygen atoms in total. The van der Waals surface area contributed by atoms with Crippen LogP contribution in [0.4, 0.5) is 0 Å². The Labute approximate surface area is 146 Å². The molecule has 1 saturated heterocycles. The summed E-state index contributed by atoms with van der Waals surface area (Å²) in [5.74, 6) is 0.947. The molecule has 124 valence electrons. The normalized spacial score (nSPS) is 18.0. The minimum atomic E-state index is 0.124. The molecule has 2 aromatic heterocycles. The van der Waals surface area contributed by atoms with Crippen molar-refractivity contribution in [2.45, 2.75) is 32.2 Å². The Morgan fingerprint density at radius 3 is 2.65 bits per heavy atom. The summed E-state index contributed by atoms with van der Waals surface area (Å²) < 4.78 is 0. The number of rotatable bonds is 6. The third-order valence-corrected chi connectivity index (χ3v) is 6.39. The summed E-state index contributed by atoms with van der Waals surface area (Å²) in [7, 11) is 0. The molecule has 0 aromatic carbocycles. The van der Waals surface area contributed by atoms with Gasteiger partial charge in [-0.15, -0.1) is 22.7 Å². The van der Waals surface area contributed by atoms with Crippen LogP contribution in [0.25, 0.3) is 0 Å². The lowest BCUT2D eigenvalue weighted by Gasteiger charge is -2.36. The summed E-state index contributed by atoms with van der Waals surface area (Å²) in [6.45, 7) is 5.30. The van der Waals surface area contributed by atoms with Gasteiger partial charge < -0.3 is 5.32 Å². The molecule has 1 amide bonds. The van der Waals surface area contributed by atoms with Crippen LogP contribution in [0.2, 0.25) is 0 Å². The topological polar surface area (TPSA) is 32.3 Å². The Morgan fingerprint density at radius 1 is 1.26 bits per heavy atom. The number of nitrogens with zero attached hydrogens (tertiary/aromatic N) is 1. The summed E-state index contributed by atoms with van der Waals surface area (Å²) in [5, 5.41) is 7.30. The van der Waals surface area contributed by atoms with E-state index in [1.54, 1.807) is 22.7 Å². The molecule has 3 rings (SSSR count). The van der Waals surface area contributed by atoms with Gasteiger partial charge in [-0.1, -0.05) is 19.1 Å². The molecule has 23 heavy (non-hydrogen) atoms. The van der Waals surface area contributed by atoms with Crippen molar-refractivity contribution in [1.29, 1.82) is 0 Å². The number of hydrogen-bond donors (Lipinski definition) is 1. The summed E-state index contributed by atoms with van der Waals surface area (Å²) in [4.78, 5) is 17.2. The van der Waals surface area contributed by atoms with Crippen LogP contribution in [-0.2, 0) is 11.2 Å². The van der Waals surface area contributed by atoms with Gasteiger partial charge in [-0.05, 0) is 54.7 Å². The fraction of sp³-hybridized carbons (Fsp3) is 0.500. The first-order chi connectivity index (χ1) is 11.2. The Hall–Kier alpha value is -1.17. The summed E-state index contributed by atoms with van der Waals surface area (Å²) >= 11 is 3.43. The van der Waals surface area contributed by atoms with Gasteiger partial charge in [-0.3, -0.25) is 9.69 Å². The van der Waals surface area contributed by atoms with Crippen LogP contribution in [0.15, 0.2) is 35.0 Å². The summed E-state index contributed by atoms with van der Waals surface area (Å²) in [5.41, 5.74) is 0. The van der Waals surface area contributed by atoms with Crippen LogP contribution in [0.1, 0.15) is 35.6 Å². The molecule has 0 spiro atoms. The van der Waals surface area contributed by atoms with Gasteiger partial charge in [0, 0.05) is 16.3 Å². The fourth-order valence-electron chi connectivity index (χ4n) is 3.08. The van der Waals surface area contributed by atoms with E-state index in [1.165, 1.54) is 17.7 Å². The van der Waals surface area contributed by atoms with Gasteiger partial charge in [0.2, 0.25) is 5.91 Å². The third-order valence-electron chi connectivity index (χ3n) is 4.54. The highest BCUT2D eigenvalue weighted by molar-refractivity contribution is 7.10. The van der Waals surface area contributed by atoms with Crippen molar-refractivity contribution in [3.63, 3.8) is 0 Å². The number of hydrogen-bond acceptors (Lipinski definition) is 4. The quantitative estimate of drug-likeness (QED) is 0.857. The maximum Gasteiger partial charge on any atom is 0.225 e. The SMILES string of the molecule is CC1CCN(C(CNC(=O)Cc2cccs2)c2cccs2)CC1. The van der Waals surface area contributed by atoms with Gasteiger partial charge in [0.15, 0.2) is 0 Å². The minimum Gasteiger partial charge on any atom is -0.354 e. The maximum absolute atomic E-state index is 12.2. The number of nitrogens with one attached hydrogen (secondary N) is 1. The predicted octanol–water partition coefficient (Wildman–Crippen LogP) is 3.94. The standard InChI is InChI=1S/C18H24N2OS2/c1-14-6-8-20(9-7-14)16(17-5-3-11-23-17)13-19-18(21)12-15-4-2-10-22-15/h2-5,10-11,14,16H,6-9,12-13H2,1H3,(H,19,21). The second-order valence-corrected chi connectivity index (χ2v) is 8.32. The predicted molar refractivity (Wildman–Crippen MR) is 98.1 cm³/mol. The molecule has 1 N–H and O–H groups in total. The van der Waals surface area contributed by atoms with Gasteiger partial charge in [0.1, 0.15) is 0 Å². The Morgan fingerprint density at radius 2 is 2.00 bits per heavy atom. The largest absolute Gasteiger partial charge is 0.354 e. The molecule has 3 heterocycles. The zero-order valence-electron chi connectivity index (χ0n) is 13.5. The lowest BCUT2D eigenvalue weighted by molar-refractivity contribution is -0.120. The van der Waals surface area contributed by atoms with E-state index in [4.69, 9.17) is 0 Å². The first kappa shape index (κ1) is 16.7. The van der Waals surface area contributed by atoms with Crippen LogP contribution in [0.5, 0.6) is 0 Å². The van der Waals surface area contributed by atoms with Crippen molar-refractivity contribution in [2.24, 2.45) is 5.92 Å². The minimum absolute atomic E-state index is 0.124. The Bertz CT molecular complexity index is 587. The number of amides is 1. The number of thiophene rings is 2. The van der Waals surface area contributed by atoms with Crippen molar-refractivity contribution in [2.75, 3.05) is 19.6 Å². The van der Waals surface area contributed by atoms with Crippen LogP contribution in [0, 0.1) is 5.92 Å². The van der Waals surface area contributed by atoms with Crippen LogP contribution in [0.3, 0.4) is 0 Å². The van der Waals surface area contributed by atoms with Gasteiger partial charge in [0.25, 0.3) is 0 Å². The van der Waals surface area contributed by atoms with E-state index in [0.29, 0.717) is 19.0 Å². The molecule has 2 aromatic rings. The summed E-state index contributed by atoms with van der Waals surface area (Å²) in [6, 6.07) is 8.63. The van der Waals surface area contributed by atoms with E-state index < -0.39 is 0 Å². The molecule has 5 heteroatoms. The summed E-state index contributed by atoms with van der Waals surface area (Å²) in [6.07, 6.45) is 3.00. The molecule has 1 unspecified atom stereocenters. The average Bonchev–Trinajstić information content (AvgIpc) is 3.23. The molecule has 1 aliphatic heterocycles. The number of piperidine rings is 1. The Balaban J connectivity index is 1.59. The van der Waals surface area contributed by atoms with Crippen molar-refractivity contribution >= 4 is 28.6 Å². The van der Waals surface area contributed by atoms with Gasteiger partial charge in [-0.25, -0.2) is 0 Å². The van der Waals surface area contributed by atoms with E-state index in [0.717, 1.165) is 23.9 Å². The molecule has 0 aliphatic carbocycles. The lowest BCUT2D eigenvalue weighted by Crippen LogP contribution is -2.41. The Kier molecular flexibility index (Phi) is 5.86. The zero-order chi connectivity index (χ0) is 16.1. The molecule has 1 aliphatic rings. The van der Waals surface area contributed by atoms with Gasteiger partial charge in [-0.2, -0.15) is 0 Å². The maximum atomic E-state index is 12.2. The molecular formula is C18H24N2OS2. The molecule has 1 atom stereocenters. The molecule has 1 fully saturated rings. The fourth-order valence-corrected chi connectivity index (χ4v) is 4.64. The number of carbonyl (C=O) groups is 1. The van der Waals surface area contributed by atoms with Crippen molar-refractivity contribution in [3.8, 4) is 0 Å². The highest BCUT2D eigenvalue weighted by Crippen LogP contribution is 2.29. The van der Waals surface area contributed by atoms with Gasteiger partial charge >= 0.3 is 0 Å². The number of carbonyl (C=O) groups excluding carboxylic acids is 1. The van der Waals surface area contributed by atoms with Crippen LogP contribution < -0.4 is 5.32 Å². The first-order valence-electron chi connectivity index (χ1n) is 8.29. The molecule has 0 saturated carbocycles. The highest BCUT2D eigenvalue weighted by atomic mass is 32.1. The van der Waals surface area contributed by atoms with E-state index >= 15 is 0 Å². The smallest absolute Gasteiger partial charge is 0.225 e. The molecule has 0 radical (unpaired) electrons. The van der Waals surface area contributed by atoms with Gasteiger partial charge in [0.05, 0.1) is 12.5 Å². The third kappa shape index (κ3) is 4.66. The number of likely N-dealkylation sites (tertiary alicyclic amines) is 1. The van der Waals surface area contributed by atoms with E-state index in [-0.39, 0.29) is 5.91 Å². The molecule has 0 bridgehead atoms. The average molecular weight is 349 g/mol. The molecular weight excluding hydrogens is 324 g/mol. The monoisotopic (exact) mass is 348 g/mol. The van der Waals surface area contributed by atoms with Crippen molar-refractivity contribution < 1.29 is 4.79 Å². The van der Waals surface area contributed by atoms with Crippen molar-refractivity contribution in [1.82, 2.24) is 10.2 Å². The lowest BCUT2D eigenvalue weighted by atomic mass is 9.97. The van der Waals surface area contributed by atoms with Crippen LogP contribution in [-0.4, -0.2) is 30.4 Å². The van der Waals surface area contributed by atoms with Crippen LogP contribution >= 0.6 is 22.7 Å². The van der Waals surface area contributed by atoms with Crippen molar-refractivity contribution in [3.05, 3.63) is 44.8 Å². The second kappa shape index (κ2) is 8.08. The second-order valence-electron chi connectivity index (χ2n) is 6.31. The van der Waals surface area contributed by atoms with E-state index in [2.05, 4.69) is 34.7 Å².